The van der Waals surface area contributed by atoms with Gasteiger partial charge in [-0.05, 0) is 36.0 Å². The number of piperidine rings is 1. The summed E-state index contributed by atoms with van der Waals surface area (Å²) in [6, 6.07) is 12.8. The highest BCUT2D eigenvalue weighted by Gasteiger charge is 2.46. The van der Waals surface area contributed by atoms with E-state index in [0.29, 0.717) is 29.2 Å². The normalized spacial score (nSPS) is 27.3. The first-order chi connectivity index (χ1) is 11.2. The standard InChI is InChI=1S/C19H19ClN2O/c20-16-6-15(10-21-11-16)14-7-17-9-19(23)18(8-14)22(17)12-13-4-2-1-3-5-13/h1-6,10-11,14,17-18H,7-9,12H2. The number of carbonyl (C=O) groups is 1. The summed E-state index contributed by atoms with van der Waals surface area (Å²) in [7, 11) is 0. The SMILES string of the molecule is O=C1CC2CC(c3cncc(Cl)c3)CC1N2Cc1ccccc1. The van der Waals surface area contributed by atoms with Crippen molar-refractivity contribution in [1.82, 2.24) is 9.88 Å². The van der Waals surface area contributed by atoms with Crippen molar-refractivity contribution < 1.29 is 4.79 Å². The van der Waals surface area contributed by atoms with Crippen molar-refractivity contribution in [2.24, 2.45) is 0 Å². The van der Waals surface area contributed by atoms with E-state index in [1.54, 1.807) is 6.20 Å². The van der Waals surface area contributed by atoms with Gasteiger partial charge in [-0.15, -0.1) is 0 Å². The average Bonchev–Trinajstić information content (AvgIpc) is 2.74. The Balaban J connectivity index is 1.55. The molecule has 3 heterocycles. The van der Waals surface area contributed by atoms with Gasteiger partial charge in [-0.25, -0.2) is 0 Å². The third kappa shape index (κ3) is 2.91. The molecule has 3 unspecified atom stereocenters. The van der Waals surface area contributed by atoms with E-state index in [9.17, 15) is 4.79 Å². The maximum Gasteiger partial charge on any atom is 0.151 e. The molecule has 1 aromatic carbocycles. The molecule has 0 amide bonds. The molecule has 0 radical (unpaired) electrons. The monoisotopic (exact) mass is 326 g/mol. The van der Waals surface area contributed by atoms with Gasteiger partial charge in [0, 0.05) is 31.4 Å². The number of hydrogen-bond acceptors (Lipinski definition) is 3. The van der Waals surface area contributed by atoms with Gasteiger partial charge in [0.1, 0.15) is 0 Å². The first-order valence-electron chi connectivity index (χ1n) is 8.13. The van der Waals surface area contributed by atoms with E-state index >= 15 is 0 Å². The van der Waals surface area contributed by atoms with Gasteiger partial charge < -0.3 is 0 Å². The number of Topliss-reactive ketones (excluding diaryl/α,β-unsaturated/α-hetero) is 1. The van der Waals surface area contributed by atoms with Crippen LogP contribution in [0.25, 0.3) is 0 Å². The van der Waals surface area contributed by atoms with Crippen molar-refractivity contribution in [1.29, 1.82) is 0 Å². The van der Waals surface area contributed by atoms with Crippen molar-refractivity contribution in [3.05, 3.63) is 64.9 Å². The van der Waals surface area contributed by atoms with E-state index < -0.39 is 0 Å². The van der Waals surface area contributed by atoms with Crippen LogP contribution in [0, 0.1) is 0 Å². The lowest BCUT2D eigenvalue weighted by Gasteiger charge is -2.38. The molecule has 3 atom stereocenters. The van der Waals surface area contributed by atoms with E-state index in [2.05, 4.69) is 34.1 Å². The molecule has 118 valence electrons. The summed E-state index contributed by atoms with van der Waals surface area (Å²) < 4.78 is 0. The predicted octanol–water partition coefficient (Wildman–Crippen LogP) is 3.82. The second-order valence-corrected chi connectivity index (χ2v) is 7.04. The van der Waals surface area contributed by atoms with E-state index in [1.165, 1.54) is 11.1 Å². The Hall–Kier alpha value is -1.71. The molecule has 3 nitrogen and oxygen atoms in total. The Morgan fingerprint density at radius 3 is 2.74 bits per heavy atom. The maximum absolute atomic E-state index is 12.4. The lowest BCUT2D eigenvalue weighted by Crippen LogP contribution is -2.43. The Labute approximate surface area is 141 Å². The van der Waals surface area contributed by atoms with E-state index in [4.69, 9.17) is 11.6 Å². The van der Waals surface area contributed by atoms with E-state index in [1.807, 2.05) is 18.3 Å². The number of benzene rings is 1. The zero-order valence-electron chi connectivity index (χ0n) is 12.9. The molecule has 2 aliphatic heterocycles. The Kier molecular flexibility index (Phi) is 3.92. The number of halogens is 1. The molecule has 2 saturated heterocycles. The summed E-state index contributed by atoms with van der Waals surface area (Å²) in [5, 5.41) is 0.674. The molecule has 0 spiro atoms. The molecule has 0 N–H and O–H groups in total. The molecular weight excluding hydrogens is 308 g/mol. The number of nitrogens with zero attached hydrogens (tertiary/aromatic N) is 2. The molecule has 4 rings (SSSR count). The van der Waals surface area contributed by atoms with Crippen LogP contribution in [-0.2, 0) is 11.3 Å². The van der Waals surface area contributed by atoms with Crippen molar-refractivity contribution in [2.45, 2.75) is 43.8 Å². The van der Waals surface area contributed by atoms with Crippen LogP contribution in [0.15, 0.2) is 48.8 Å². The molecule has 0 aliphatic carbocycles. The van der Waals surface area contributed by atoms with Crippen molar-refractivity contribution in [3.8, 4) is 0 Å². The molecule has 4 heteroatoms. The molecule has 0 saturated carbocycles. The minimum absolute atomic E-state index is 0.0398. The largest absolute Gasteiger partial charge is 0.298 e. The van der Waals surface area contributed by atoms with Crippen LogP contribution >= 0.6 is 11.6 Å². The van der Waals surface area contributed by atoms with Gasteiger partial charge in [-0.3, -0.25) is 14.7 Å². The third-order valence-corrected chi connectivity index (χ3v) is 5.35. The quantitative estimate of drug-likeness (QED) is 0.859. The number of rotatable bonds is 3. The van der Waals surface area contributed by atoms with Crippen molar-refractivity contribution in [2.75, 3.05) is 0 Å². The van der Waals surface area contributed by atoms with Crippen LogP contribution < -0.4 is 0 Å². The molecule has 2 fully saturated rings. The summed E-state index contributed by atoms with van der Waals surface area (Å²) in [5.74, 6) is 0.776. The number of aromatic nitrogens is 1. The van der Waals surface area contributed by atoms with Crippen LogP contribution in [0.3, 0.4) is 0 Å². The van der Waals surface area contributed by atoms with Gasteiger partial charge in [-0.2, -0.15) is 0 Å². The summed E-state index contributed by atoms with van der Waals surface area (Å²) in [5.41, 5.74) is 2.45. The highest BCUT2D eigenvalue weighted by molar-refractivity contribution is 6.30. The number of carbonyl (C=O) groups excluding carboxylic acids is 1. The minimum atomic E-state index is 0.0398. The van der Waals surface area contributed by atoms with Gasteiger partial charge >= 0.3 is 0 Å². The van der Waals surface area contributed by atoms with Crippen LogP contribution in [0.4, 0.5) is 0 Å². The highest BCUT2D eigenvalue weighted by Crippen LogP contribution is 2.42. The smallest absolute Gasteiger partial charge is 0.151 e. The number of pyridine rings is 1. The first-order valence-corrected chi connectivity index (χ1v) is 8.51. The molecular formula is C19H19ClN2O. The molecule has 1 aromatic heterocycles. The van der Waals surface area contributed by atoms with Crippen LogP contribution in [-0.4, -0.2) is 27.8 Å². The fourth-order valence-electron chi connectivity index (χ4n) is 4.06. The van der Waals surface area contributed by atoms with Crippen LogP contribution in [0.1, 0.15) is 36.3 Å². The average molecular weight is 327 g/mol. The Bertz CT molecular complexity index is 718. The van der Waals surface area contributed by atoms with Crippen molar-refractivity contribution >= 4 is 17.4 Å². The lowest BCUT2D eigenvalue weighted by molar-refractivity contribution is -0.120. The van der Waals surface area contributed by atoms with Gasteiger partial charge in [0.2, 0.25) is 0 Å². The zero-order valence-corrected chi connectivity index (χ0v) is 13.6. The summed E-state index contributed by atoms with van der Waals surface area (Å²) >= 11 is 6.08. The Morgan fingerprint density at radius 1 is 1.17 bits per heavy atom. The Morgan fingerprint density at radius 2 is 2.00 bits per heavy atom. The number of fused-ring (bicyclic) bond motifs is 2. The fraction of sp³-hybridized carbons (Fsp3) is 0.368. The zero-order chi connectivity index (χ0) is 15.8. The van der Waals surface area contributed by atoms with Gasteiger partial charge in [0.25, 0.3) is 0 Å². The summed E-state index contributed by atoms with van der Waals surface area (Å²) in [6.45, 7) is 0.864. The predicted molar refractivity (Wildman–Crippen MR) is 90.4 cm³/mol. The number of hydrogen-bond donors (Lipinski definition) is 0. The fourth-order valence-corrected chi connectivity index (χ4v) is 4.24. The van der Waals surface area contributed by atoms with Gasteiger partial charge in [0.05, 0.1) is 11.1 Å². The molecule has 23 heavy (non-hydrogen) atoms. The van der Waals surface area contributed by atoms with E-state index in [-0.39, 0.29) is 6.04 Å². The highest BCUT2D eigenvalue weighted by atomic mass is 35.5. The van der Waals surface area contributed by atoms with Crippen LogP contribution in [0.2, 0.25) is 5.02 Å². The molecule has 2 aromatic rings. The summed E-state index contributed by atoms with van der Waals surface area (Å²) in [6.07, 6.45) is 6.13. The maximum atomic E-state index is 12.4. The lowest BCUT2D eigenvalue weighted by atomic mass is 9.85. The first kappa shape index (κ1) is 14.9. The van der Waals surface area contributed by atoms with Crippen LogP contribution in [0.5, 0.6) is 0 Å². The van der Waals surface area contributed by atoms with Gasteiger partial charge in [-0.1, -0.05) is 41.9 Å². The second-order valence-electron chi connectivity index (χ2n) is 6.60. The second kappa shape index (κ2) is 6.06. The van der Waals surface area contributed by atoms with Gasteiger partial charge in [0.15, 0.2) is 5.78 Å². The topological polar surface area (TPSA) is 33.2 Å². The number of ketones is 1. The summed E-state index contributed by atoms with van der Waals surface area (Å²) in [4.78, 5) is 19.0. The third-order valence-electron chi connectivity index (χ3n) is 5.15. The van der Waals surface area contributed by atoms with Crippen molar-refractivity contribution in [3.63, 3.8) is 0 Å². The minimum Gasteiger partial charge on any atom is -0.298 e. The molecule has 2 aliphatic rings. The van der Waals surface area contributed by atoms with E-state index in [0.717, 1.165) is 19.4 Å². The molecule has 2 bridgehead atoms.